The van der Waals surface area contributed by atoms with Gasteiger partial charge in [0.15, 0.2) is 12.4 Å². The maximum atomic E-state index is 12.7. The largest absolute Gasteiger partial charge is 0.545 e. The third-order valence-electron chi connectivity index (χ3n) is 8.02. The van der Waals surface area contributed by atoms with Gasteiger partial charge in [0.05, 0.1) is 40.3 Å². The van der Waals surface area contributed by atoms with E-state index in [1.807, 2.05) is 27.2 Å². The summed E-state index contributed by atoms with van der Waals surface area (Å²) in [4.78, 5) is 36.9. The van der Waals surface area contributed by atoms with Crippen LogP contribution in [-0.2, 0) is 33.3 Å². The first kappa shape index (κ1) is 53.0. The number of hydrogen-bond donors (Lipinski definition) is 0. The average molecular weight is 794 g/mol. The van der Waals surface area contributed by atoms with Crippen LogP contribution in [0, 0.1) is 0 Å². The zero-order valence-electron chi connectivity index (χ0n) is 35.9. The second-order valence-electron chi connectivity index (χ2n) is 14.5. The number of carbonyl (C=O) groups excluding carboxylic acids is 3. The van der Waals surface area contributed by atoms with Crippen LogP contribution in [0.25, 0.3) is 0 Å². The normalized spacial score (nSPS) is 14.1. The molecule has 0 aliphatic carbocycles. The summed E-state index contributed by atoms with van der Waals surface area (Å²) in [5.41, 5.74) is 0. The fourth-order valence-electron chi connectivity index (χ4n) is 4.79. The highest BCUT2D eigenvalue weighted by molar-refractivity contribution is 5.70. The molecule has 0 N–H and O–H groups in total. The SMILES string of the molecule is CC/C=C\C/C=C\C/C=C\C/C=C\C/C=C\CCCC(=O)OC(COC(=O)CCCC/C=C\C/C=C\C/C=C\C/C=C\CC)COC(OCC[N+](C)(C)C)C(=O)[O-]. The minimum Gasteiger partial charge on any atom is -0.545 e. The lowest BCUT2D eigenvalue weighted by molar-refractivity contribution is -0.870. The number of quaternary nitrogens is 1. The minimum atomic E-state index is -1.65. The number of hydrogen-bond acceptors (Lipinski definition) is 8. The Bertz CT molecular complexity index is 1300. The lowest BCUT2D eigenvalue weighted by atomic mass is 10.2. The van der Waals surface area contributed by atoms with Crippen molar-refractivity contribution in [1.82, 2.24) is 0 Å². The number of carboxylic acids is 1. The van der Waals surface area contributed by atoms with Crippen LogP contribution in [0.5, 0.6) is 0 Å². The van der Waals surface area contributed by atoms with Gasteiger partial charge in [0.2, 0.25) is 0 Å². The van der Waals surface area contributed by atoms with Gasteiger partial charge in [-0.3, -0.25) is 9.59 Å². The number of allylic oxidation sites excluding steroid dienone is 18. The van der Waals surface area contributed by atoms with E-state index in [4.69, 9.17) is 18.9 Å². The zero-order chi connectivity index (χ0) is 42.1. The van der Waals surface area contributed by atoms with Gasteiger partial charge in [-0.1, -0.05) is 123 Å². The molecule has 0 saturated carbocycles. The van der Waals surface area contributed by atoms with E-state index < -0.39 is 30.3 Å². The van der Waals surface area contributed by atoms with E-state index in [1.54, 1.807) is 0 Å². The first-order valence-electron chi connectivity index (χ1n) is 21.0. The molecule has 0 aromatic heterocycles. The van der Waals surface area contributed by atoms with Gasteiger partial charge in [-0.2, -0.15) is 0 Å². The molecule has 0 amide bonds. The summed E-state index contributed by atoms with van der Waals surface area (Å²) in [6.45, 7) is 4.35. The topological polar surface area (TPSA) is 111 Å². The summed E-state index contributed by atoms with van der Waals surface area (Å²) in [6, 6.07) is 0. The first-order chi connectivity index (χ1) is 27.6. The Kier molecular flexibility index (Phi) is 36.0. The molecule has 9 heteroatoms. The molecule has 9 nitrogen and oxygen atoms in total. The quantitative estimate of drug-likeness (QED) is 0.0203. The summed E-state index contributed by atoms with van der Waals surface area (Å²) in [5.74, 6) is -2.44. The van der Waals surface area contributed by atoms with Crippen LogP contribution in [0.2, 0.25) is 0 Å². The van der Waals surface area contributed by atoms with E-state index in [9.17, 15) is 19.5 Å². The lowest BCUT2D eigenvalue weighted by Gasteiger charge is -2.26. The zero-order valence-corrected chi connectivity index (χ0v) is 35.9. The molecule has 0 aromatic rings. The Morgan fingerprint density at radius 1 is 0.526 bits per heavy atom. The van der Waals surface area contributed by atoms with Crippen molar-refractivity contribution in [3.63, 3.8) is 0 Å². The van der Waals surface area contributed by atoms with Crippen LogP contribution in [0.15, 0.2) is 109 Å². The predicted molar refractivity (Wildman–Crippen MR) is 232 cm³/mol. The molecule has 0 aliphatic heterocycles. The second kappa shape index (κ2) is 38.8. The van der Waals surface area contributed by atoms with Crippen LogP contribution < -0.4 is 5.11 Å². The molecule has 0 spiro atoms. The maximum Gasteiger partial charge on any atom is 0.306 e. The Labute approximate surface area is 345 Å². The van der Waals surface area contributed by atoms with E-state index in [-0.39, 0.29) is 32.7 Å². The Morgan fingerprint density at radius 2 is 0.947 bits per heavy atom. The van der Waals surface area contributed by atoms with Gasteiger partial charge in [0.25, 0.3) is 0 Å². The molecule has 0 bridgehead atoms. The van der Waals surface area contributed by atoms with Gasteiger partial charge < -0.3 is 33.3 Å². The van der Waals surface area contributed by atoms with Crippen molar-refractivity contribution in [2.75, 3.05) is 47.5 Å². The maximum absolute atomic E-state index is 12.7. The standard InChI is InChI=1S/C48H75NO8/c1-6-8-10-12-14-16-18-20-22-23-25-27-29-31-33-35-37-39-46(51)57-44(43-56-48(47(52)53)54-41-40-49(3,4)5)42-55-45(50)38-36-34-32-30-28-26-24-21-19-17-15-13-11-9-7-2/h8-11,14-17,20-22,24-25,27-28,30-31,33,44,48H,6-7,12-13,18-19,23,26,29,32,34-43H2,1-5H3/b10-8-,11-9-,16-14-,17-15-,22-20-,24-21-,27-25-,30-28-,33-31-. The van der Waals surface area contributed by atoms with Gasteiger partial charge in [-0.15, -0.1) is 0 Å². The van der Waals surface area contributed by atoms with Gasteiger partial charge in [0, 0.05) is 12.8 Å². The molecule has 0 radical (unpaired) electrons. The summed E-state index contributed by atoms with van der Waals surface area (Å²) in [5, 5.41) is 11.7. The molecule has 0 aliphatic rings. The fourth-order valence-corrected chi connectivity index (χ4v) is 4.79. The molecular weight excluding hydrogens is 719 g/mol. The number of rotatable bonds is 36. The number of ether oxygens (including phenoxy) is 4. The summed E-state index contributed by atoms with van der Waals surface area (Å²) >= 11 is 0. The number of carbonyl (C=O) groups is 3. The van der Waals surface area contributed by atoms with Crippen molar-refractivity contribution in [1.29, 1.82) is 0 Å². The summed E-state index contributed by atoms with van der Waals surface area (Å²) in [7, 11) is 5.86. The van der Waals surface area contributed by atoms with Crippen molar-refractivity contribution in [3.8, 4) is 0 Å². The van der Waals surface area contributed by atoms with E-state index >= 15 is 0 Å². The third kappa shape index (κ3) is 40.0. The molecule has 2 unspecified atom stereocenters. The molecular formula is C48H75NO8. The monoisotopic (exact) mass is 794 g/mol. The van der Waals surface area contributed by atoms with Gasteiger partial charge in [-0.25, -0.2) is 0 Å². The van der Waals surface area contributed by atoms with Crippen molar-refractivity contribution >= 4 is 17.9 Å². The van der Waals surface area contributed by atoms with E-state index in [1.165, 1.54) is 0 Å². The highest BCUT2D eigenvalue weighted by Gasteiger charge is 2.21. The Hall–Kier alpha value is -4.05. The highest BCUT2D eigenvalue weighted by atomic mass is 16.7. The fraction of sp³-hybridized carbons (Fsp3) is 0.562. The molecule has 2 atom stereocenters. The number of nitrogens with zero attached hydrogens (tertiary/aromatic N) is 1. The van der Waals surface area contributed by atoms with E-state index in [0.717, 1.165) is 70.6 Å². The van der Waals surface area contributed by atoms with Crippen LogP contribution in [0.1, 0.15) is 117 Å². The number of unbranched alkanes of at least 4 members (excludes halogenated alkanes) is 3. The summed E-state index contributed by atoms with van der Waals surface area (Å²) < 4.78 is 22.4. The Morgan fingerprint density at radius 3 is 1.39 bits per heavy atom. The lowest BCUT2D eigenvalue weighted by Crippen LogP contribution is -2.44. The Balaban J connectivity index is 4.68. The summed E-state index contributed by atoms with van der Waals surface area (Å²) in [6.07, 6.45) is 48.5. The van der Waals surface area contributed by atoms with E-state index in [2.05, 4.69) is 117 Å². The van der Waals surface area contributed by atoms with Gasteiger partial charge >= 0.3 is 11.9 Å². The third-order valence-corrected chi connectivity index (χ3v) is 8.02. The molecule has 320 valence electrons. The van der Waals surface area contributed by atoms with Crippen molar-refractivity contribution in [3.05, 3.63) is 109 Å². The molecule has 0 fully saturated rings. The smallest absolute Gasteiger partial charge is 0.306 e. The van der Waals surface area contributed by atoms with Crippen molar-refractivity contribution < 1.29 is 42.9 Å². The van der Waals surface area contributed by atoms with Gasteiger partial charge in [-0.05, 0) is 89.9 Å². The number of carboxylic acid groups (broad SMARTS) is 1. The predicted octanol–water partition coefficient (Wildman–Crippen LogP) is 9.54. The molecule has 0 saturated heterocycles. The number of aliphatic carboxylic acids is 1. The first-order valence-corrected chi connectivity index (χ1v) is 21.0. The van der Waals surface area contributed by atoms with E-state index in [0.29, 0.717) is 30.3 Å². The van der Waals surface area contributed by atoms with Crippen LogP contribution in [-0.4, -0.2) is 82.3 Å². The average Bonchev–Trinajstić information content (AvgIpc) is 3.17. The van der Waals surface area contributed by atoms with Crippen LogP contribution >= 0.6 is 0 Å². The highest BCUT2D eigenvalue weighted by Crippen LogP contribution is 2.09. The molecule has 0 aromatic carbocycles. The number of esters is 2. The van der Waals surface area contributed by atoms with Crippen molar-refractivity contribution in [2.45, 2.75) is 129 Å². The second-order valence-corrected chi connectivity index (χ2v) is 14.5. The van der Waals surface area contributed by atoms with Crippen LogP contribution in [0.3, 0.4) is 0 Å². The number of likely N-dealkylation sites (N-methyl/N-ethyl adjacent to an activating group) is 1. The van der Waals surface area contributed by atoms with Crippen LogP contribution in [0.4, 0.5) is 0 Å². The minimum absolute atomic E-state index is 0.123. The molecule has 57 heavy (non-hydrogen) atoms. The molecule has 0 heterocycles. The molecule has 0 rings (SSSR count). The van der Waals surface area contributed by atoms with Crippen molar-refractivity contribution in [2.24, 2.45) is 0 Å². The van der Waals surface area contributed by atoms with Gasteiger partial charge in [0.1, 0.15) is 13.2 Å².